The lowest BCUT2D eigenvalue weighted by atomic mass is 9.81. The first kappa shape index (κ1) is 18.2. The van der Waals surface area contributed by atoms with Crippen LogP contribution in [0.3, 0.4) is 0 Å². The molecule has 0 radical (unpaired) electrons. The van der Waals surface area contributed by atoms with Crippen LogP contribution < -0.4 is 5.32 Å². The van der Waals surface area contributed by atoms with Crippen molar-refractivity contribution in [3.63, 3.8) is 0 Å². The monoisotopic (exact) mass is 435 g/mol. The van der Waals surface area contributed by atoms with E-state index in [1.165, 1.54) is 21.8 Å². The van der Waals surface area contributed by atoms with E-state index in [4.69, 9.17) is 4.74 Å². The highest BCUT2D eigenvalue weighted by atomic mass is 16.5. The van der Waals surface area contributed by atoms with Crippen LogP contribution in [0.4, 0.5) is 0 Å². The predicted molar refractivity (Wildman–Crippen MR) is 130 cm³/mol. The van der Waals surface area contributed by atoms with Crippen LogP contribution in [0.25, 0.3) is 43.6 Å². The molecule has 1 saturated heterocycles. The minimum atomic E-state index is -0.485. The van der Waals surface area contributed by atoms with Gasteiger partial charge in [0.2, 0.25) is 0 Å². The summed E-state index contributed by atoms with van der Waals surface area (Å²) in [5.41, 5.74) is 6.18. The lowest BCUT2D eigenvalue weighted by Gasteiger charge is -2.47. The molecule has 8 rings (SSSR count). The van der Waals surface area contributed by atoms with Crippen molar-refractivity contribution in [1.82, 2.24) is 14.5 Å². The zero-order valence-electron chi connectivity index (χ0n) is 19.0. The molecule has 0 unspecified atom stereocenters. The lowest BCUT2D eigenvalue weighted by Crippen LogP contribution is -2.47. The SMILES string of the molecule is C[C@H]1C[C@@H]2O[C@](C)([C@H]1C)n1c3ccccc3c3c4c(c5c6ccccc6n2c5c31)C(=O)NC4. The number of ether oxygens (including phenoxy) is 1. The molecular weight excluding hydrogens is 410 g/mol. The van der Waals surface area contributed by atoms with Gasteiger partial charge in [0.05, 0.1) is 27.6 Å². The van der Waals surface area contributed by atoms with Gasteiger partial charge in [0.25, 0.3) is 5.91 Å². The van der Waals surface area contributed by atoms with E-state index in [1.54, 1.807) is 0 Å². The number of benzene rings is 3. The number of carbonyl (C=O) groups is 1. The van der Waals surface area contributed by atoms with Crippen molar-refractivity contribution in [3.05, 3.63) is 59.7 Å². The first-order chi connectivity index (χ1) is 16.0. The van der Waals surface area contributed by atoms with Crippen molar-refractivity contribution in [2.45, 2.75) is 45.7 Å². The van der Waals surface area contributed by atoms with E-state index >= 15 is 0 Å². The summed E-state index contributed by atoms with van der Waals surface area (Å²) in [6.45, 7) is 7.52. The number of fused-ring (bicyclic) bond motifs is 13. The molecule has 5 nitrogen and oxygen atoms in total. The maximum Gasteiger partial charge on any atom is 0.252 e. The topological polar surface area (TPSA) is 48.2 Å². The van der Waals surface area contributed by atoms with Gasteiger partial charge in [-0.25, -0.2) is 0 Å². The van der Waals surface area contributed by atoms with E-state index in [2.05, 4.69) is 83.8 Å². The molecular formula is C28H25N3O2. The number of hydrogen-bond donors (Lipinski definition) is 1. The van der Waals surface area contributed by atoms with E-state index in [-0.39, 0.29) is 12.1 Å². The minimum absolute atomic E-state index is 0.0349. The van der Waals surface area contributed by atoms with Gasteiger partial charge in [0.1, 0.15) is 12.0 Å². The average Bonchev–Trinajstić information content (AvgIpc) is 3.45. The highest BCUT2D eigenvalue weighted by Gasteiger charge is 2.49. The third kappa shape index (κ3) is 1.86. The van der Waals surface area contributed by atoms with E-state index in [0.717, 1.165) is 39.4 Å². The first-order valence-corrected chi connectivity index (χ1v) is 12.0. The molecule has 0 spiro atoms. The smallest absolute Gasteiger partial charge is 0.252 e. The van der Waals surface area contributed by atoms with Gasteiger partial charge < -0.3 is 19.2 Å². The summed E-state index contributed by atoms with van der Waals surface area (Å²) in [6.07, 6.45) is 0.880. The molecule has 0 saturated carbocycles. The van der Waals surface area contributed by atoms with Gasteiger partial charge in [-0.1, -0.05) is 50.2 Å². The molecule has 1 fully saturated rings. The van der Waals surface area contributed by atoms with Crippen LogP contribution in [0, 0.1) is 11.8 Å². The quantitative estimate of drug-likeness (QED) is 0.323. The molecule has 33 heavy (non-hydrogen) atoms. The fourth-order valence-corrected chi connectivity index (χ4v) is 7.13. The number of hydrogen-bond acceptors (Lipinski definition) is 2. The summed E-state index contributed by atoms with van der Waals surface area (Å²) in [7, 11) is 0. The van der Waals surface area contributed by atoms with Gasteiger partial charge in [-0.2, -0.15) is 0 Å². The molecule has 5 heteroatoms. The van der Waals surface area contributed by atoms with Crippen molar-refractivity contribution < 1.29 is 9.53 Å². The van der Waals surface area contributed by atoms with Crippen LogP contribution in [0.5, 0.6) is 0 Å². The number of carbonyl (C=O) groups excluding carboxylic acids is 1. The molecule has 3 aromatic carbocycles. The largest absolute Gasteiger partial charge is 0.348 e. The maximum atomic E-state index is 13.3. The van der Waals surface area contributed by atoms with Gasteiger partial charge in [-0.3, -0.25) is 4.79 Å². The molecule has 3 aliphatic heterocycles. The molecule has 164 valence electrons. The van der Waals surface area contributed by atoms with Gasteiger partial charge >= 0.3 is 0 Å². The molecule has 5 aromatic rings. The van der Waals surface area contributed by atoms with Crippen LogP contribution in [0.2, 0.25) is 0 Å². The summed E-state index contributed by atoms with van der Waals surface area (Å²) < 4.78 is 12.0. The van der Waals surface area contributed by atoms with Crippen molar-refractivity contribution in [2.75, 3.05) is 0 Å². The molecule has 5 heterocycles. The van der Waals surface area contributed by atoms with E-state index in [1.807, 2.05) is 0 Å². The van der Waals surface area contributed by atoms with Crippen LogP contribution in [-0.4, -0.2) is 15.0 Å². The maximum absolute atomic E-state index is 13.3. The number of aromatic nitrogens is 2. The van der Waals surface area contributed by atoms with E-state index in [9.17, 15) is 4.79 Å². The Hall–Kier alpha value is -3.31. The molecule has 0 aliphatic carbocycles. The molecule has 1 amide bonds. The second kappa shape index (κ2) is 5.60. The van der Waals surface area contributed by atoms with Crippen LogP contribution in [0.1, 0.15) is 49.3 Å². The first-order valence-electron chi connectivity index (χ1n) is 12.0. The molecule has 2 bridgehead atoms. The van der Waals surface area contributed by atoms with Crippen molar-refractivity contribution in [1.29, 1.82) is 0 Å². The van der Waals surface area contributed by atoms with Crippen molar-refractivity contribution in [3.8, 4) is 0 Å². The predicted octanol–water partition coefficient (Wildman–Crippen LogP) is 6.02. The van der Waals surface area contributed by atoms with Crippen LogP contribution >= 0.6 is 0 Å². The van der Waals surface area contributed by atoms with Gasteiger partial charge in [-0.15, -0.1) is 0 Å². The van der Waals surface area contributed by atoms with E-state index < -0.39 is 5.72 Å². The number of nitrogens with one attached hydrogen (secondary N) is 1. The Morgan fingerprint density at radius 1 is 0.970 bits per heavy atom. The summed E-state index contributed by atoms with van der Waals surface area (Å²) in [6, 6.07) is 17.2. The highest BCUT2D eigenvalue weighted by molar-refractivity contribution is 6.30. The van der Waals surface area contributed by atoms with E-state index in [0.29, 0.717) is 18.4 Å². The molecule has 1 N–H and O–H groups in total. The minimum Gasteiger partial charge on any atom is -0.348 e. The third-order valence-corrected chi connectivity index (χ3v) is 8.89. The fraction of sp³-hybridized carbons (Fsp3) is 0.321. The zero-order valence-corrected chi connectivity index (χ0v) is 19.0. The van der Waals surface area contributed by atoms with Crippen LogP contribution in [0.15, 0.2) is 48.5 Å². The Morgan fingerprint density at radius 2 is 1.67 bits per heavy atom. The van der Waals surface area contributed by atoms with Crippen molar-refractivity contribution >= 4 is 49.5 Å². The summed E-state index contributed by atoms with van der Waals surface area (Å²) >= 11 is 0. The Labute approximate surface area is 190 Å². The Morgan fingerprint density at radius 3 is 2.45 bits per heavy atom. The van der Waals surface area contributed by atoms with Gasteiger partial charge in [0.15, 0.2) is 0 Å². The second-order valence-corrected chi connectivity index (χ2v) is 10.4. The Kier molecular flexibility index (Phi) is 3.08. The Bertz CT molecular complexity index is 1710. The standard InChI is InChI=1S/C28H25N3O2/c1-14-12-21-30-19-10-6-4-8-16(19)23-24-18(13-29-27(24)32)22-17-9-5-7-11-20(17)31(26(22)25(23)30)28(3,33-21)15(14)2/h4-11,14-15,21H,12-13H2,1-3H3,(H,29,32)/t14-,15-,21-,28+/m0/s1. The second-order valence-electron chi connectivity index (χ2n) is 10.4. The number of nitrogens with zero attached hydrogens (tertiary/aromatic N) is 2. The fourth-order valence-electron chi connectivity index (χ4n) is 7.13. The number of amides is 1. The van der Waals surface area contributed by atoms with Crippen LogP contribution in [-0.2, 0) is 17.0 Å². The molecule has 3 aliphatic rings. The van der Waals surface area contributed by atoms with Gasteiger partial charge in [-0.05, 0) is 37.0 Å². The van der Waals surface area contributed by atoms with Crippen molar-refractivity contribution in [2.24, 2.45) is 11.8 Å². The number of para-hydroxylation sites is 2. The Balaban J connectivity index is 1.77. The third-order valence-electron chi connectivity index (χ3n) is 8.89. The number of rotatable bonds is 0. The molecule has 2 aromatic heterocycles. The normalized spacial score (nSPS) is 28.2. The summed E-state index contributed by atoms with van der Waals surface area (Å²) in [4.78, 5) is 13.3. The molecule has 4 atom stereocenters. The highest BCUT2D eigenvalue weighted by Crippen LogP contribution is 2.55. The average molecular weight is 436 g/mol. The van der Waals surface area contributed by atoms with Gasteiger partial charge in [0, 0.05) is 34.0 Å². The summed E-state index contributed by atoms with van der Waals surface area (Å²) in [5, 5.41) is 7.76. The summed E-state index contributed by atoms with van der Waals surface area (Å²) in [5.74, 6) is 0.866. The lowest BCUT2D eigenvalue weighted by molar-refractivity contribution is -0.231. The zero-order chi connectivity index (χ0) is 22.2.